The van der Waals surface area contributed by atoms with Gasteiger partial charge >= 0.3 is 6.09 Å². The molecular formula is C30H36N2O6. The molecular weight excluding hydrogens is 484 g/mol. The fourth-order valence-electron chi connectivity index (χ4n) is 5.56. The maximum absolute atomic E-state index is 12.6. The summed E-state index contributed by atoms with van der Waals surface area (Å²) in [6.07, 6.45) is 6.32. The van der Waals surface area contributed by atoms with E-state index in [1.165, 1.54) is 0 Å². The van der Waals surface area contributed by atoms with Crippen molar-refractivity contribution in [1.82, 2.24) is 9.88 Å². The molecule has 3 heterocycles. The molecule has 2 aromatic heterocycles. The Hall–Kier alpha value is -3.42. The first kappa shape index (κ1) is 26.2. The average molecular weight is 521 g/mol. The van der Waals surface area contributed by atoms with Crippen LogP contribution in [0.3, 0.4) is 0 Å². The third kappa shape index (κ3) is 5.84. The van der Waals surface area contributed by atoms with E-state index >= 15 is 0 Å². The van der Waals surface area contributed by atoms with E-state index < -0.39 is 5.60 Å². The Balaban J connectivity index is 1.16. The Labute approximate surface area is 222 Å². The molecule has 2 aliphatic rings. The van der Waals surface area contributed by atoms with E-state index in [0.717, 1.165) is 60.6 Å². The monoisotopic (exact) mass is 520 g/mol. The third-order valence-corrected chi connectivity index (χ3v) is 7.53. The van der Waals surface area contributed by atoms with Crippen LogP contribution in [0.5, 0.6) is 5.88 Å². The van der Waals surface area contributed by atoms with E-state index in [1.807, 2.05) is 49.9 Å². The molecule has 1 aromatic carbocycles. The average Bonchev–Trinajstić information content (AvgIpc) is 3.30. The van der Waals surface area contributed by atoms with Crippen LogP contribution in [0.4, 0.5) is 4.79 Å². The second-order valence-electron chi connectivity index (χ2n) is 11.5. The molecule has 8 nitrogen and oxygen atoms in total. The molecule has 8 heteroatoms. The summed E-state index contributed by atoms with van der Waals surface area (Å²) in [5, 5.41) is 1.81. The highest BCUT2D eigenvalue weighted by atomic mass is 16.6. The minimum Gasteiger partial charge on any atom is -0.478 e. The number of aromatic nitrogens is 1. The molecule has 1 amide bonds. The Morgan fingerprint density at radius 2 is 1.89 bits per heavy atom. The molecule has 0 unspecified atom stereocenters. The second-order valence-corrected chi connectivity index (χ2v) is 11.5. The molecule has 0 bridgehead atoms. The van der Waals surface area contributed by atoms with Crippen molar-refractivity contribution >= 4 is 39.5 Å². The maximum atomic E-state index is 12.6. The molecule has 1 saturated heterocycles. The first-order valence-electron chi connectivity index (χ1n) is 13.6. The van der Waals surface area contributed by atoms with Crippen LogP contribution in [0, 0.1) is 5.92 Å². The van der Waals surface area contributed by atoms with Gasteiger partial charge in [0, 0.05) is 47.8 Å². The van der Waals surface area contributed by atoms with Crippen molar-refractivity contribution in [2.24, 2.45) is 5.92 Å². The van der Waals surface area contributed by atoms with E-state index in [0.29, 0.717) is 36.8 Å². The van der Waals surface area contributed by atoms with Crippen molar-refractivity contribution in [3.63, 3.8) is 0 Å². The molecule has 0 spiro atoms. The Morgan fingerprint density at radius 3 is 2.63 bits per heavy atom. The summed E-state index contributed by atoms with van der Waals surface area (Å²) in [7, 11) is 0. The number of rotatable bonds is 6. The van der Waals surface area contributed by atoms with Gasteiger partial charge in [0.15, 0.2) is 0 Å². The number of nitrogens with zero attached hydrogens (tertiary/aromatic N) is 2. The second kappa shape index (κ2) is 10.8. The van der Waals surface area contributed by atoms with E-state index in [1.54, 1.807) is 6.26 Å². The lowest BCUT2D eigenvalue weighted by molar-refractivity contribution is -0.130. The fourth-order valence-corrected chi connectivity index (χ4v) is 5.56. The molecule has 2 fully saturated rings. The van der Waals surface area contributed by atoms with Gasteiger partial charge in [-0.25, -0.2) is 9.78 Å². The molecule has 1 aliphatic carbocycles. The summed E-state index contributed by atoms with van der Waals surface area (Å²) in [6.45, 7) is 7.72. The predicted molar refractivity (Wildman–Crippen MR) is 143 cm³/mol. The number of hydrogen-bond acceptors (Lipinski definition) is 7. The summed E-state index contributed by atoms with van der Waals surface area (Å²) in [5.74, 6) is 0.808. The van der Waals surface area contributed by atoms with Gasteiger partial charge in [-0.2, -0.15) is 0 Å². The largest absolute Gasteiger partial charge is 0.478 e. The van der Waals surface area contributed by atoms with Crippen LogP contribution in [-0.4, -0.2) is 52.8 Å². The van der Waals surface area contributed by atoms with Crippen LogP contribution >= 0.6 is 0 Å². The van der Waals surface area contributed by atoms with Crippen LogP contribution in [0.15, 0.2) is 34.9 Å². The van der Waals surface area contributed by atoms with Gasteiger partial charge in [0.1, 0.15) is 22.8 Å². The van der Waals surface area contributed by atoms with Gasteiger partial charge in [-0.3, -0.25) is 9.59 Å². The number of ketones is 2. The van der Waals surface area contributed by atoms with Gasteiger partial charge in [-0.05, 0) is 77.0 Å². The highest BCUT2D eigenvalue weighted by molar-refractivity contribution is 6.10. The first-order chi connectivity index (χ1) is 18.2. The molecule has 1 atom stereocenters. The summed E-state index contributed by atoms with van der Waals surface area (Å²) < 4.78 is 17.2. The van der Waals surface area contributed by atoms with E-state index in [2.05, 4.69) is 0 Å². The number of ether oxygens (including phenoxy) is 2. The number of piperidine rings is 1. The van der Waals surface area contributed by atoms with Crippen molar-refractivity contribution in [3.05, 3.63) is 36.1 Å². The molecule has 5 rings (SSSR count). The van der Waals surface area contributed by atoms with Gasteiger partial charge < -0.3 is 18.8 Å². The van der Waals surface area contributed by atoms with Crippen molar-refractivity contribution in [3.8, 4) is 5.88 Å². The highest BCUT2D eigenvalue weighted by Crippen LogP contribution is 2.38. The van der Waals surface area contributed by atoms with Crippen molar-refractivity contribution in [1.29, 1.82) is 0 Å². The van der Waals surface area contributed by atoms with Crippen molar-refractivity contribution in [2.45, 2.75) is 77.2 Å². The Bertz CT molecular complexity index is 1350. The normalized spacial score (nSPS) is 19.3. The van der Waals surface area contributed by atoms with Gasteiger partial charge in [0.05, 0.1) is 24.8 Å². The Kier molecular flexibility index (Phi) is 7.41. The van der Waals surface area contributed by atoms with E-state index in [4.69, 9.17) is 18.9 Å². The number of furan rings is 1. The van der Waals surface area contributed by atoms with Gasteiger partial charge in [0.25, 0.3) is 0 Å². The lowest BCUT2D eigenvalue weighted by Crippen LogP contribution is -2.41. The summed E-state index contributed by atoms with van der Waals surface area (Å²) in [5.41, 5.74) is 1.87. The maximum Gasteiger partial charge on any atom is 0.410 e. The Morgan fingerprint density at radius 1 is 1.11 bits per heavy atom. The topological polar surface area (TPSA) is 98.9 Å². The molecule has 0 N–H and O–H groups in total. The summed E-state index contributed by atoms with van der Waals surface area (Å²) in [6, 6.07) is 7.62. The van der Waals surface area contributed by atoms with Crippen LogP contribution in [0.25, 0.3) is 21.9 Å². The van der Waals surface area contributed by atoms with Gasteiger partial charge in [-0.1, -0.05) is 0 Å². The third-order valence-electron chi connectivity index (χ3n) is 7.53. The van der Waals surface area contributed by atoms with Crippen LogP contribution in [0.1, 0.15) is 77.2 Å². The summed E-state index contributed by atoms with van der Waals surface area (Å²) >= 11 is 0. The standard InChI is InChI=1S/C30H36N2O6/c1-30(2,3)38-29(35)32-14-12-19(13-15-32)5-4-16-36-27-11-8-22-24(31-27)9-10-26-28(22)23(18-37-26)21-7-6-20(33)17-25(21)34/h8-11,18-19,21H,4-7,12-17H2,1-3H3/t21-/m1/s1. The lowest BCUT2D eigenvalue weighted by Gasteiger charge is -2.33. The van der Waals surface area contributed by atoms with E-state index in [9.17, 15) is 14.4 Å². The lowest BCUT2D eigenvalue weighted by atomic mass is 9.82. The zero-order chi connectivity index (χ0) is 26.9. The van der Waals surface area contributed by atoms with Crippen LogP contribution in [0.2, 0.25) is 0 Å². The number of Topliss-reactive ketones (excluding diaryl/α,β-unsaturated/α-hetero) is 2. The van der Waals surface area contributed by atoms with Gasteiger partial charge in [-0.15, -0.1) is 0 Å². The van der Waals surface area contributed by atoms with Gasteiger partial charge in [0.2, 0.25) is 5.88 Å². The number of hydrogen-bond donors (Lipinski definition) is 0. The minimum atomic E-state index is -0.467. The zero-order valence-electron chi connectivity index (χ0n) is 22.5. The number of likely N-dealkylation sites (tertiary alicyclic amines) is 1. The van der Waals surface area contributed by atoms with Crippen LogP contribution in [-0.2, 0) is 14.3 Å². The van der Waals surface area contributed by atoms with Crippen LogP contribution < -0.4 is 4.74 Å². The number of fused-ring (bicyclic) bond motifs is 3. The first-order valence-corrected chi connectivity index (χ1v) is 13.6. The van der Waals surface area contributed by atoms with E-state index in [-0.39, 0.29) is 30.0 Å². The highest BCUT2D eigenvalue weighted by Gasteiger charge is 2.31. The molecule has 1 saturated carbocycles. The fraction of sp³-hybridized carbons (Fsp3) is 0.533. The predicted octanol–water partition coefficient (Wildman–Crippen LogP) is 6.19. The SMILES string of the molecule is CC(C)(C)OC(=O)N1CCC(CCCOc2ccc3c(ccc4occ([C@H]5CCC(=O)CC5=O)c43)n2)CC1. The summed E-state index contributed by atoms with van der Waals surface area (Å²) in [4.78, 5) is 43.0. The molecule has 1 aliphatic heterocycles. The van der Waals surface area contributed by atoms with Crippen molar-refractivity contribution < 1.29 is 28.3 Å². The quantitative estimate of drug-likeness (QED) is 0.282. The number of benzene rings is 1. The molecule has 0 radical (unpaired) electrons. The number of carbonyl (C=O) groups is 3. The minimum absolute atomic E-state index is 0.00119. The molecule has 38 heavy (non-hydrogen) atoms. The molecule has 3 aromatic rings. The smallest absolute Gasteiger partial charge is 0.410 e. The molecule has 202 valence electrons. The zero-order valence-corrected chi connectivity index (χ0v) is 22.5. The van der Waals surface area contributed by atoms with Crippen molar-refractivity contribution in [2.75, 3.05) is 19.7 Å². The number of carbonyl (C=O) groups excluding carboxylic acids is 3. The number of pyridine rings is 1. The number of amides is 1.